The fourth-order valence-corrected chi connectivity index (χ4v) is 2.43. The van der Waals surface area contributed by atoms with Gasteiger partial charge in [-0.05, 0) is 19.3 Å². The van der Waals surface area contributed by atoms with E-state index in [1.165, 1.54) is 0 Å². The van der Waals surface area contributed by atoms with Crippen LogP contribution in [0.1, 0.15) is 39.0 Å². The Labute approximate surface area is 108 Å². The van der Waals surface area contributed by atoms with Crippen LogP contribution in [0.3, 0.4) is 0 Å². The van der Waals surface area contributed by atoms with Crippen LogP contribution in [-0.4, -0.2) is 52.6 Å². The smallest absolute Gasteiger partial charge is 0.320 e. The van der Waals surface area contributed by atoms with Gasteiger partial charge in [-0.15, -0.1) is 0 Å². The van der Waals surface area contributed by atoms with E-state index in [0.717, 1.165) is 32.2 Å². The van der Waals surface area contributed by atoms with E-state index in [9.17, 15) is 9.59 Å². The van der Waals surface area contributed by atoms with Crippen molar-refractivity contribution in [1.29, 1.82) is 0 Å². The fourth-order valence-electron chi connectivity index (χ4n) is 2.43. The molecule has 1 heterocycles. The van der Waals surface area contributed by atoms with Crippen LogP contribution in [-0.2, 0) is 4.79 Å². The summed E-state index contributed by atoms with van der Waals surface area (Å²) in [5.74, 6) is -0.615. The molecule has 0 aromatic heterocycles. The van der Waals surface area contributed by atoms with E-state index in [4.69, 9.17) is 5.11 Å². The average Bonchev–Trinajstić information content (AvgIpc) is 3.07. The molecule has 0 aromatic carbocycles. The first-order valence-corrected chi connectivity index (χ1v) is 6.89. The van der Waals surface area contributed by atoms with Gasteiger partial charge in [-0.2, -0.15) is 0 Å². The van der Waals surface area contributed by atoms with E-state index >= 15 is 0 Å². The summed E-state index contributed by atoms with van der Waals surface area (Å²) in [6.07, 6.45) is 4.58. The third kappa shape index (κ3) is 3.15. The van der Waals surface area contributed by atoms with Gasteiger partial charge in [0.15, 0.2) is 0 Å². The quantitative estimate of drug-likeness (QED) is 0.786. The minimum Gasteiger partial charge on any atom is -0.481 e. The molecule has 5 heteroatoms. The van der Waals surface area contributed by atoms with Crippen LogP contribution in [0.15, 0.2) is 0 Å². The lowest BCUT2D eigenvalue weighted by Gasteiger charge is -2.41. The normalized spacial score (nSPS) is 19.5. The standard InChI is InChI=1S/C13H22N2O3/c1-2-3-6-15(11-4-5-11)13(18)14-8-10(9-14)7-12(16)17/h10-11H,2-9H2,1H3,(H,16,17). The number of carbonyl (C=O) groups is 2. The maximum atomic E-state index is 12.2. The lowest BCUT2D eigenvalue weighted by molar-refractivity contribution is -0.139. The van der Waals surface area contributed by atoms with E-state index in [1.54, 1.807) is 4.90 Å². The summed E-state index contributed by atoms with van der Waals surface area (Å²) in [4.78, 5) is 26.6. The number of urea groups is 1. The van der Waals surface area contributed by atoms with Crippen molar-refractivity contribution in [2.24, 2.45) is 5.92 Å². The van der Waals surface area contributed by atoms with Crippen LogP contribution in [0.2, 0.25) is 0 Å². The zero-order valence-corrected chi connectivity index (χ0v) is 11.0. The van der Waals surface area contributed by atoms with Crippen molar-refractivity contribution >= 4 is 12.0 Å². The van der Waals surface area contributed by atoms with Crippen molar-refractivity contribution in [3.05, 3.63) is 0 Å². The summed E-state index contributed by atoms with van der Waals surface area (Å²) < 4.78 is 0. The second-order valence-corrected chi connectivity index (χ2v) is 5.43. The van der Waals surface area contributed by atoms with E-state index < -0.39 is 5.97 Å². The zero-order valence-electron chi connectivity index (χ0n) is 11.0. The number of carboxylic acids is 1. The van der Waals surface area contributed by atoms with Gasteiger partial charge in [-0.25, -0.2) is 4.79 Å². The van der Waals surface area contributed by atoms with Crippen LogP contribution in [0, 0.1) is 5.92 Å². The van der Waals surface area contributed by atoms with E-state index in [-0.39, 0.29) is 18.4 Å². The Morgan fingerprint density at radius 3 is 2.50 bits per heavy atom. The van der Waals surface area contributed by atoms with Crippen molar-refractivity contribution < 1.29 is 14.7 Å². The average molecular weight is 254 g/mol. The maximum Gasteiger partial charge on any atom is 0.320 e. The van der Waals surface area contributed by atoms with Gasteiger partial charge in [0.05, 0.1) is 6.42 Å². The summed E-state index contributed by atoms with van der Waals surface area (Å²) in [5, 5.41) is 8.68. The van der Waals surface area contributed by atoms with Gasteiger partial charge >= 0.3 is 12.0 Å². The molecule has 1 saturated heterocycles. The van der Waals surface area contributed by atoms with Crippen LogP contribution < -0.4 is 0 Å². The van der Waals surface area contributed by atoms with Gasteiger partial charge in [0.1, 0.15) is 0 Å². The number of nitrogens with zero attached hydrogens (tertiary/aromatic N) is 2. The van der Waals surface area contributed by atoms with Crippen molar-refractivity contribution in [1.82, 2.24) is 9.80 Å². The molecule has 1 N–H and O–H groups in total. The topological polar surface area (TPSA) is 60.9 Å². The van der Waals surface area contributed by atoms with Gasteiger partial charge in [0, 0.05) is 31.6 Å². The lowest BCUT2D eigenvalue weighted by atomic mass is 9.97. The third-order valence-corrected chi connectivity index (χ3v) is 3.68. The maximum absolute atomic E-state index is 12.2. The van der Waals surface area contributed by atoms with Gasteiger partial charge < -0.3 is 14.9 Å². The molecule has 0 aromatic rings. The third-order valence-electron chi connectivity index (χ3n) is 3.68. The predicted molar refractivity (Wildman–Crippen MR) is 67.3 cm³/mol. The molecule has 2 rings (SSSR count). The summed E-state index contributed by atoms with van der Waals surface area (Å²) >= 11 is 0. The largest absolute Gasteiger partial charge is 0.481 e. The molecule has 1 saturated carbocycles. The fraction of sp³-hybridized carbons (Fsp3) is 0.846. The lowest BCUT2D eigenvalue weighted by Crippen LogP contribution is -2.55. The van der Waals surface area contributed by atoms with E-state index in [1.807, 2.05) is 4.90 Å². The molecule has 0 bridgehead atoms. The zero-order chi connectivity index (χ0) is 13.1. The molecule has 0 radical (unpaired) electrons. The SMILES string of the molecule is CCCCN(C(=O)N1CC(CC(=O)O)C1)C1CC1. The number of hydrogen-bond donors (Lipinski definition) is 1. The number of aliphatic carboxylic acids is 1. The van der Waals surface area contributed by atoms with Crippen molar-refractivity contribution in [3.63, 3.8) is 0 Å². The minimum absolute atomic E-state index is 0.118. The molecule has 2 fully saturated rings. The van der Waals surface area contributed by atoms with E-state index in [2.05, 4.69) is 6.92 Å². The molecule has 18 heavy (non-hydrogen) atoms. The highest BCUT2D eigenvalue weighted by molar-refractivity contribution is 5.76. The van der Waals surface area contributed by atoms with Crippen molar-refractivity contribution in [3.8, 4) is 0 Å². The Kier molecular flexibility index (Phi) is 4.09. The molecule has 102 valence electrons. The highest BCUT2D eigenvalue weighted by Crippen LogP contribution is 2.30. The van der Waals surface area contributed by atoms with Crippen LogP contribution in [0.5, 0.6) is 0 Å². The molecule has 0 atom stereocenters. The molecule has 0 spiro atoms. The Bertz CT molecular complexity index is 322. The number of likely N-dealkylation sites (tertiary alicyclic amines) is 1. The Balaban J connectivity index is 1.78. The molecule has 2 amide bonds. The summed E-state index contributed by atoms with van der Waals surface area (Å²) in [6, 6.07) is 0.565. The molecule has 1 aliphatic carbocycles. The van der Waals surface area contributed by atoms with Crippen LogP contribution in [0.4, 0.5) is 4.79 Å². The number of rotatable bonds is 6. The molecule has 0 unspecified atom stereocenters. The van der Waals surface area contributed by atoms with Crippen molar-refractivity contribution in [2.75, 3.05) is 19.6 Å². The predicted octanol–water partition coefficient (Wildman–Crippen LogP) is 1.78. The van der Waals surface area contributed by atoms with Crippen molar-refractivity contribution in [2.45, 2.75) is 45.1 Å². The highest BCUT2D eigenvalue weighted by atomic mass is 16.4. The van der Waals surface area contributed by atoms with Gasteiger partial charge in [-0.1, -0.05) is 13.3 Å². The number of carboxylic acid groups (broad SMARTS) is 1. The molecule has 5 nitrogen and oxygen atoms in total. The van der Waals surface area contributed by atoms with Gasteiger partial charge in [-0.3, -0.25) is 4.79 Å². The van der Waals surface area contributed by atoms with E-state index in [0.29, 0.717) is 19.1 Å². The number of unbranched alkanes of at least 4 members (excludes halogenated alkanes) is 1. The second-order valence-electron chi connectivity index (χ2n) is 5.43. The summed E-state index contributed by atoms with van der Waals surface area (Å²) in [7, 11) is 0. The Morgan fingerprint density at radius 2 is 2.00 bits per heavy atom. The molecular weight excluding hydrogens is 232 g/mol. The van der Waals surface area contributed by atoms with Crippen LogP contribution >= 0.6 is 0 Å². The molecule has 1 aliphatic heterocycles. The highest BCUT2D eigenvalue weighted by Gasteiger charge is 2.39. The Hall–Kier alpha value is -1.26. The minimum atomic E-state index is -0.767. The number of hydrogen-bond acceptors (Lipinski definition) is 2. The molecular formula is C13H22N2O3. The molecule has 2 aliphatic rings. The second kappa shape index (κ2) is 5.59. The number of amides is 2. The summed E-state index contributed by atoms with van der Waals surface area (Å²) in [6.45, 7) is 4.20. The first-order valence-electron chi connectivity index (χ1n) is 6.89. The first-order chi connectivity index (χ1) is 8.61. The Morgan fingerprint density at radius 1 is 1.33 bits per heavy atom. The van der Waals surface area contributed by atoms with Gasteiger partial charge in [0.2, 0.25) is 0 Å². The van der Waals surface area contributed by atoms with Crippen LogP contribution in [0.25, 0.3) is 0 Å². The summed E-state index contributed by atoms with van der Waals surface area (Å²) in [5.41, 5.74) is 0. The van der Waals surface area contributed by atoms with Gasteiger partial charge in [0.25, 0.3) is 0 Å². The first kappa shape index (κ1) is 13.2. The monoisotopic (exact) mass is 254 g/mol. The number of carbonyl (C=O) groups excluding carboxylic acids is 1.